The van der Waals surface area contributed by atoms with Crippen molar-refractivity contribution < 1.29 is 17.9 Å². The number of halogens is 3. The Morgan fingerprint density at radius 1 is 1.00 bits per heavy atom. The van der Waals surface area contributed by atoms with Gasteiger partial charge in [0.15, 0.2) is 0 Å². The molecule has 0 fully saturated rings. The van der Waals surface area contributed by atoms with E-state index in [2.05, 4.69) is 15.3 Å². The van der Waals surface area contributed by atoms with Gasteiger partial charge in [0.05, 0.1) is 12.8 Å². The molecular weight excluding hydrogens is 363 g/mol. The molecule has 3 rings (SSSR count). The molecule has 4 nitrogen and oxygen atoms in total. The minimum Gasteiger partial charge on any atom is -0.495 e. The van der Waals surface area contributed by atoms with Crippen molar-refractivity contribution in [2.75, 3.05) is 12.4 Å². The largest absolute Gasteiger partial charge is 0.495 e. The van der Waals surface area contributed by atoms with Crippen LogP contribution in [0.15, 0.2) is 70.7 Å². The summed E-state index contributed by atoms with van der Waals surface area (Å²) in [7, 11) is 1.50. The quantitative estimate of drug-likeness (QED) is 0.604. The average Bonchev–Trinajstić information content (AvgIpc) is 2.62. The third kappa shape index (κ3) is 4.26. The Morgan fingerprint density at radius 3 is 2.38 bits per heavy atom. The number of nitrogens with one attached hydrogen (secondary N) is 1. The molecule has 0 amide bonds. The SMILES string of the molecule is COc1ccccc1Nc1ncc(C(F)(F)F)c(Sc2ccccc2)n1. The summed E-state index contributed by atoms with van der Waals surface area (Å²) in [5.74, 6) is 0.592. The number of para-hydroxylation sites is 2. The molecule has 0 bridgehead atoms. The maximum Gasteiger partial charge on any atom is 0.420 e. The molecule has 0 aliphatic carbocycles. The van der Waals surface area contributed by atoms with Gasteiger partial charge >= 0.3 is 6.18 Å². The lowest BCUT2D eigenvalue weighted by Gasteiger charge is -2.14. The Hall–Kier alpha value is -2.74. The molecule has 2 aromatic carbocycles. The molecule has 0 spiro atoms. The first-order chi connectivity index (χ1) is 12.5. The number of anilines is 2. The summed E-state index contributed by atoms with van der Waals surface area (Å²) in [5.41, 5.74) is -0.317. The van der Waals surface area contributed by atoms with Crippen molar-refractivity contribution in [2.24, 2.45) is 0 Å². The highest BCUT2D eigenvalue weighted by Gasteiger charge is 2.35. The van der Waals surface area contributed by atoms with Crippen LogP contribution < -0.4 is 10.1 Å². The lowest BCUT2D eigenvalue weighted by molar-refractivity contribution is -0.140. The molecule has 8 heteroatoms. The van der Waals surface area contributed by atoms with Gasteiger partial charge in [-0.2, -0.15) is 13.2 Å². The molecule has 0 saturated carbocycles. The van der Waals surface area contributed by atoms with Gasteiger partial charge in [-0.1, -0.05) is 42.1 Å². The zero-order valence-electron chi connectivity index (χ0n) is 13.6. The number of aromatic nitrogens is 2. The highest BCUT2D eigenvalue weighted by molar-refractivity contribution is 7.99. The van der Waals surface area contributed by atoms with Crippen molar-refractivity contribution in [3.05, 3.63) is 66.4 Å². The van der Waals surface area contributed by atoms with Gasteiger partial charge in [-0.25, -0.2) is 9.97 Å². The summed E-state index contributed by atoms with van der Waals surface area (Å²) in [6.07, 6.45) is -3.75. The molecule has 1 aromatic heterocycles. The minimum absolute atomic E-state index is 0.0564. The van der Waals surface area contributed by atoms with Gasteiger partial charge in [0, 0.05) is 11.1 Å². The van der Waals surface area contributed by atoms with Crippen LogP contribution in [0.4, 0.5) is 24.8 Å². The van der Waals surface area contributed by atoms with Crippen LogP contribution >= 0.6 is 11.8 Å². The van der Waals surface area contributed by atoms with Crippen LogP contribution in [0.3, 0.4) is 0 Å². The summed E-state index contributed by atoms with van der Waals surface area (Å²) in [5, 5.41) is 2.73. The van der Waals surface area contributed by atoms with Gasteiger partial charge in [0.2, 0.25) is 5.95 Å². The number of hydrogen-bond donors (Lipinski definition) is 1. The lowest BCUT2D eigenvalue weighted by atomic mass is 10.3. The minimum atomic E-state index is -4.54. The fourth-order valence-electron chi connectivity index (χ4n) is 2.17. The van der Waals surface area contributed by atoms with Crippen LogP contribution in [0.5, 0.6) is 5.75 Å². The number of ether oxygens (including phenoxy) is 1. The Morgan fingerprint density at radius 2 is 1.69 bits per heavy atom. The fraction of sp³-hybridized carbons (Fsp3) is 0.111. The highest BCUT2D eigenvalue weighted by atomic mass is 32.2. The standard InChI is InChI=1S/C18H14F3N3OS/c1-25-15-10-6-5-9-14(15)23-17-22-11-13(18(19,20)21)16(24-17)26-12-7-3-2-4-8-12/h2-11H,1H3,(H,22,23,24). The second kappa shape index (κ2) is 7.65. The first kappa shape index (κ1) is 18.1. The molecule has 26 heavy (non-hydrogen) atoms. The Bertz CT molecular complexity index is 888. The van der Waals surface area contributed by atoms with E-state index in [1.807, 2.05) is 0 Å². The van der Waals surface area contributed by atoms with Crippen molar-refractivity contribution in [1.82, 2.24) is 9.97 Å². The van der Waals surface area contributed by atoms with Crippen LogP contribution in [0.1, 0.15) is 5.56 Å². The molecular formula is C18H14F3N3OS. The molecule has 3 aromatic rings. The number of alkyl halides is 3. The zero-order valence-corrected chi connectivity index (χ0v) is 14.4. The van der Waals surface area contributed by atoms with E-state index in [1.54, 1.807) is 54.6 Å². The maximum absolute atomic E-state index is 13.3. The van der Waals surface area contributed by atoms with Crippen molar-refractivity contribution >= 4 is 23.4 Å². The van der Waals surface area contributed by atoms with Gasteiger partial charge in [0.25, 0.3) is 0 Å². The molecule has 1 N–H and O–H groups in total. The predicted octanol–water partition coefficient (Wildman–Crippen LogP) is 5.40. The number of benzene rings is 2. The summed E-state index contributed by atoms with van der Waals surface area (Å²) in [6, 6.07) is 15.8. The summed E-state index contributed by atoms with van der Waals surface area (Å²) in [4.78, 5) is 8.53. The molecule has 0 aliphatic heterocycles. The van der Waals surface area contributed by atoms with E-state index in [1.165, 1.54) is 7.11 Å². The third-order valence-electron chi connectivity index (χ3n) is 3.37. The van der Waals surface area contributed by atoms with Crippen molar-refractivity contribution in [1.29, 1.82) is 0 Å². The monoisotopic (exact) mass is 377 g/mol. The van der Waals surface area contributed by atoms with Crippen LogP contribution in [0, 0.1) is 0 Å². The average molecular weight is 377 g/mol. The van der Waals surface area contributed by atoms with Crippen LogP contribution in [-0.2, 0) is 6.18 Å². The van der Waals surface area contributed by atoms with Gasteiger partial charge < -0.3 is 10.1 Å². The molecule has 0 saturated heterocycles. The smallest absolute Gasteiger partial charge is 0.420 e. The van der Waals surface area contributed by atoms with E-state index in [4.69, 9.17) is 4.74 Å². The molecule has 0 unspecified atom stereocenters. The van der Waals surface area contributed by atoms with Crippen LogP contribution in [-0.4, -0.2) is 17.1 Å². The predicted molar refractivity (Wildman–Crippen MR) is 93.9 cm³/mol. The van der Waals surface area contributed by atoms with Gasteiger partial charge in [-0.15, -0.1) is 0 Å². The number of nitrogens with zero attached hydrogens (tertiary/aromatic N) is 2. The summed E-state index contributed by atoms with van der Waals surface area (Å²) < 4.78 is 45.1. The molecule has 0 radical (unpaired) electrons. The second-order valence-corrected chi connectivity index (χ2v) is 6.21. The molecule has 134 valence electrons. The van der Waals surface area contributed by atoms with Gasteiger partial charge in [-0.3, -0.25) is 0 Å². The number of methoxy groups -OCH3 is 1. The van der Waals surface area contributed by atoms with Crippen molar-refractivity contribution in [3.8, 4) is 5.75 Å². The normalized spacial score (nSPS) is 11.2. The Kier molecular flexibility index (Phi) is 5.32. The molecule has 1 heterocycles. The van der Waals surface area contributed by atoms with Gasteiger partial charge in [-0.05, 0) is 24.3 Å². The number of hydrogen-bond acceptors (Lipinski definition) is 5. The maximum atomic E-state index is 13.3. The molecule has 0 atom stereocenters. The summed E-state index contributed by atoms with van der Waals surface area (Å²) in [6.45, 7) is 0. The van der Waals surface area contributed by atoms with E-state index in [0.717, 1.165) is 18.0 Å². The van der Waals surface area contributed by atoms with Crippen molar-refractivity contribution in [2.45, 2.75) is 16.1 Å². The highest BCUT2D eigenvalue weighted by Crippen LogP contribution is 2.38. The first-order valence-electron chi connectivity index (χ1n) is 7.54. The van der Waals surface area contributed by atoms with Crippen LogP contribution in [0.2, 0.25) is 0 Å². The Labute approximate surface area is 152 Å². The molecule has 0 aliphatic rings. The fourth-order valence-corrected chi connectivity index (χ4v) is 3.09. The first-order valence-corrected chi connectivity index (χ1v) is 8.36. The zero-order chi connectivity index (χ0) is 18.6. The number of rotatable bonds is 5. The van der Waals surface area contributed by atoms with E-state index in [0.29, 0.717) is 16.3 Å². The topological polar surface area (TPSA) is 47.0 Å². The van der Waals surface area contributed by atoms with E-state index < -0.39 is 11.7 Å². The van der Waals surface area contributed by atoms with Crippen molar-refractivity contribution in [3.63, 3.8) is 0 Å². The second-order valence-electron chi connectivity index (χ2n) is 5.15. The Balaban J connectivity index is 1.96. The van der Waals surface area contributed by atoms with E-state index >= 15 is 0 Å². The van der Waals surface area contributed by atoms with E-state index in [-0.39, 0.29) is 11.0 Å². The third-order valence-corrected chi connectivity index (χ3v) is 4.38. The van der Waals surface area contributed by atoms with E-state index in [9.17, 15) is 13.2 Å². The van der Waals surface area contributed by atoms with Crippen LogP contribution in [0.25, 0.3) is 0 Å². The van der Waals surface area contributed by atoms with Gasteiger partial charge in [0.1, 0.15) is 16.3 Å². The summed E-state index contributed by atoms with van der Waals surface area (Å²) >= 11 is 0.933. The lowest BCUT2D eigenvalue weighted by Crippen LogP contribution is -2.10.